The minimum absolute atomic E-state index is 0.420. The highest BCUT2D eigenvalue weighted by Crippen LogP contribution is 2.37. The van der Waals surface area contributed by atoms with Crippen LogP contribution in [0.5, 0.6) is 0 Å². The average Bonchev–Trinajstić information content (AvgIpc) is 2.20. The molecule has 82 valence electrons. The highest BCUT2D eigenvalue weighted by atomic mass is 32.2. The van der Waals surface area contributed by atoms with Crippen molar-refractivity contribution in [1.29, 1.82) is 0 Å². The molecule has 2 saturated heterocycles. The van der Waals surface area contributed by atoms with Crippen molar-refractivity contribution in [3.8, 4) is 0 Å². The zero-order valence-corrected chi connectivity index (χ0v) is 9.31. The molecule has 0 aromatic carbocycles. The molecule has 2 fully saturated rings. The summed E-state index contributed by atoms with van der Waals surface area (Å²) in [5.74, 6) is 2.04. The van der Waals surface area contributed by atoms with Crippen LogP contribution in [0.25, 0.3) is 0 Å². The number of aliphatic hydroxyl groups is 1. The van der Waals surface area contributed by atoms with E-state index in [1.807, 2.05) is 11.8 Å². The molecule has 0 bridgehead atoms. The van der Waals surface area contributed by atoms with Gasteiger partial charge in [0.15, 0.2) is 0 Å². The molecule has 0 aromatic heterocycles. The van der Waals surface area contributed by atoms with Crippen LogP contribution in [0.3, 0.4) is 0 Å². The maximum atomic E-state index is 10.5. The van der Waals surface area contributed by atoms with Gasteiger partial charge in [0, 0.05) is 12.4 Å². The molecular formula is C10H19NO2S. The van der Waals surface area contributed by atoms with Gasteiger partial charge in [-0.25, -0.2) is 0 Å². The van der Waals surface area contributed by atoms with Gasteiger partial charge in [0.25, 0.3) is 0 Å². The summed E-state index contributed by atoms with van der Waals surface area (Å²) in [4.78, 5) is 0. The fourth-order valence-corrected chi connectivity index (χ4v) is 3.63. The number of nitrogens with two attached hydrogens (primary N) is 1. The molecule has 2 aliphatic heterocycles. The maximum Gasteiger partial charge on any atom is 0.107 e. The summed E-state index contributed by atoms with van der Waals surface area (Å²) in [7, 11) is 0. The van der Waals surface area contributed by atoms with Crippen LogP contribution in [0.2, 0.25) is 0 Å². The number of hydrogen-bond donors (Lipinski definition) is 2. The molecule has 14 heavy (non-hydrogen) atoms. The Hall–Kier alpha value is 0.230. The lowest BCUT2D eigenvalue weighted by atomic mass is 9.75. The van der Waals surface area contributed by atoms with E-state index in [2.05, 4.69) is 0 Å². The van der Waals surface area contributed by atoms with E-state index in [0.717, 1.165) is 38.0 Å². The Morgan fingerprint density at radius 2 is 2.14 bits per heavy atom. The SMILES string of the molecule is NC1(C2(O)CCCOC2)CCCSC1. The van der Waals surface area contributed by atoms with E-state index in [9.17, 15) is 5.11 Å². The Morgan fingerprint density at radius 1 is 1.29 bits per heavy atom. The smallest absolute Gasteiger partial charge is 0.107 e. The van der Waals surface area contributed by atoms with E-state index in [0.29, 0.717) is 6.61 Å². The van der Waals surface area contributed by atoms with Gasteiger partial charge in [0.1, 0.15) is 5.60 Å². The molecule has 4 heteroatoms. The minimum atomic E-state index is -0.779. The zero-order chi connectivity index (χ0) is 10.1. The second kappa shape index (κ2) is 4.00. The van der Waals surface area contributed by atoms with Gasteiger partial charge in [-0.1, -0.05) is 0 Å². The van der Waals surface area contributed by atoms with E-state index in [-0.39, 0.29) is 0 Å². The predicted octanol–water partition coefficient (Wildman–Crippen LogP) is 0.752. The summed E-state index contributed by atoms with van der Waals surface area (Å²) in [5.41, 5.74) is 5.12. The first-order valence-electron chi connectivity index (χ1n) is 5.33. The lowest BCUT2D eigenvalue weighted by Gasteiger charge is -2.48. The lowest BCUT2D eigenvalue weighted by molar-refractivity contribution is -0.126. The standard InChI is InChI=1S/C10H19NO2S/c11-9(3-2-6-14-8-9)10(12)4-1-5-13-7-10/h12H,1-8,11H2. The average molecular weight is 217 g/mol. The molecule has 3 nitrogen and oxygen atoms in total. The Bertz CT molecular complexity index is 176. The van der Waals surface area contributed by atoms with E-state index in [1.54, 1.807) is 0 Å². The molecule has 3 N–H and O–H groups in total. The first-order chi connectivity index (χ1) is 6.66. The number of ether oxygens (including phenoxy) is 1. The summed E-state index contributed by atoms with van der Waals surface area (Å²) in [6.07, 6.45) is 3.77. The molecule has 0 radical (unpaired) electrons. The topological polar surface area (TPSA) is 55.5 Å². The second-order valence-corrected chi connectivity index (χ2v) is 5.61. The van der Waals surface area contributed by atoms with E-state index in [1.165, 1.54) is 5.75 Å². The second-order valence-electron chi connectivity index (χ2n) is 4.50. The quantitative estimate of drug-likeness (QED) is 0.680. The van der Waals surface area contributed by atoms with Gasteiger partial charge in [-0.2, -0.15) is 11.8 Å². The highest BCUT2D eigenvalue weighted by Gasteiger charge is 2.49. The Morgan fingerprint density at radius 3 is 2.71 bits per heavy atom. The number of rotatable bonds is 1. The number of thioether (sulfide) groups is 1. The van der Waals surface area contributed by atoms with Gasteiger partial charge >= 0.3 is 0 Å². The molecule has 0 saturated carbocycles. The largest absolute Gasteiger partial charge is 0.386 e. The van der Waals surface area contributed by atoms with E-state index < -0.39 is 11.1 Å². The third-order valence-corrected chi connectivity index (χ3v) is 4.71. The van der Waals surface area contributed by atoms with Crippen molar-refractivity contribution in [2.45, 2.75) is 36.8 Å². The third kappa shape index (κ3) is 1.81. The Labute approximate surface area is 89.4 Å². The van der Waals surface area contributed by atoms with Crippen LogP contribution >= 0.6 is 11.8 Å². The summed E-state index contributed by atoms with van der Waals surface area (Å²) in [6.45, 7) is 1.19. The summed E-state index contributed by atoms with van der Waals surface area (Å²) < 4.78 is 5.36. The van der Waals surface area contributed by atoms with Gasteiger partial charge in [0.05, 0.1) is 12.1 Å². The van der Waals surface area contributed by atoms with E-state index in [4.69, 9.17) is 10.5 Å². The summed E-state index contributed by atoms with van der Waals surface area (Å²) >= 11 is 1.85. The molecule has 2 atom stereocenters. The first kappa shape index (κ1) is 10.7. The lowest BCUT2D eigenvalue weighted by Crippen LogP contribution is -2.66. The van der Waals surface area contributed by atoms with Crippen molar-refractivity contribution in [2.75, 3.05) is 24.7 Å². The fourth-order valence-electron chi connectivity index (χ4n) is 2.36. The molecule has 2 rings (SSSR count). The van der Waals surface area contributed by atoms with Crippen molar-refractivity contribution in [1.82, 2.24) is 0 Å². The first-order valence-corrected chi connectivity index (χ1v) is 6.49. The van der Waals surface area contributed by atoms with Crippen molar-refractivity contribution >= 4 is 11.8 Å². The summed E-state index contributed by atoms with van der Waals surface area (Å²) in [6, 6.07) is 0. The molecule has 0 aromatic rings. The Kier molecular flexibility index (Phi) is 3.07. The van der Waals surface area contributed by atoms with Crippen molar-refractivity contribution in [2.24, 2.45) is 5.73 Å². The highest BCUT2D eigenvalue weighted by molar-refractivity contribution is 7.99. The molecule has 0 aliphatic carbocycles. The van der Waals surface area contributed by atoms with Gasteiger partial charge < -0.3 is 15.6 Å². The van der Waals surface area contributed by atoms with Gasteiger partial charge in [0.2, 0.25) is 0 Å². The van der Waals surface area contributed by atoms with Crippen LogP contribution < -0.4 is 5.73 Å². The van der Waals surface area contributed by atoms with Gasteiger partial charge in [-0.15, -0.1) is 0 Å². The van der Waals surface area contributed by atoms with Crippen molar-refractivity contribution in [3.05, 3.63) is 0 Å². The minimum Gasteiger partial charge on any atom is -0.386 e. The predicted molar refractivity (Wildman–Crippen MR) is 58.5 cm³/mol. The van der Waals surface area contributed by atoms with Crippen LogP contribution in [0, 0.1) is 0 Å². The summed E-state index contributed by atoms with van der Waals surface area (Å²) in [5, 5.41) is 10.5. The van der Waals surface area contributed by atoms with Crippen LogP contribution in [0.1, 0.15) is 25.7 Å². The zero-order valence-electron chi connectivity index (χ0n) is 8.50. The third-order valence-electron chi connectivity index (χ3n) is 3.42. The molecule has 2 aliphatic rings. The van der Waals surface area contributed by atoms with Gasteiger partial charge in [-0.3, -0.25) is 0 Å². The molecule has 2 unspecified atom stereocenters. The van der Waals surface area contributed by atoms with Crippen molar-refractivity contribution < 1.29 is 9.84 Å². The fraction of sp³-hybridized carbons (Fsp3) is 1.00. The monoisotopic (exact) mass is 217 g/mol. The molecular weight excluding hydrogens is 198 g/mol. The molecule has 0 spiro atoms. The normalized spacial score (nSPS) is 45.0. The van der Waals surface area contributed by atoms with Crippen LogP contribution in [0.4, 0.5) is 0 Å². The number of hydrogen-bond acceptors (Lipinski definition) is 4. The van der Waals surface area contributed by atoms with Crippen LogP contribution in [-0.4, -0.2) is 41.0 Å². The van der Waals surface area contributed by atoms with Crippen LogP contribution in [-0.2, 0) is 4.74 Å². The molecule has 2 heterocycles. The molecule has 0 amide bonds. The van der Waals surface area contributed by atoms with Crippen molar-refractivity contribution in [3.63, 3.8) is 0 Å². The van der Waals surface area contributed by atoms with Gasteiger partial charge in [-0.05, 0) is 31.4 Å². The van der Waals surface area contributed by atoms with Crippen LogP contribution in [0.15, 0.2) is 0 Å². The van der Waals surface area contributed by atoms with E-state index >= 15 is 0 Å². The Balaban J connectivity index is 2.09. The maximum absolute atomic E-state index is 10.5.